The summed E-state index contributed by atoms with van der Waals surface area (Å²) >= 11 is 3.09. The lowest BCUT2D eigenvalue weighted by Gasteiger charge is -2.36. The van der Waals surface area contributed by atoms with Gasteiger partial charge in [-0.2, -0.15) is 0 Å². The Labute approximate surface area is 200 Å². The van der Waals surface area contributed by atoms with E-state index >= 15 is 0 Å². The van der Waals surface area contributed by atoms with Crippen molar-refractivity contribution < 1.29 is 13.3 Å². The summed E-state index contributed by atoms with van der Waals surface area (Å²) in [5, 5.41) is 0. The van der Waals surface area contributed by atoms with Gasteiger partial charge in [-0.25, -0.2) is 4.39 Å². The molecule has 0 unspecified atom stereocenters. The summed E-state index contributed by atoms with van der Waals surface area (Å²) in [5.74, 6) is 0.560. The Balaban J connectivity index is 1.75. The third-order valence-electron chi connectivity index (χ3n) is 5.59. The average Bonchev–Trinajstić information content (AvgIpc) is 2.74. The van der Waals surface area contributed by atoms with Gasteiger partial charge in [-0.1, -0.05) is 68.9 Å². The fraction of sp³-hybridized carbons (Fsp3) is 0.333. The highest BCUT2D eigenvalue weighted by atomic mass is 32.2. The molecule has 2 nitrogen and oxygen atoms in total. The summed E-state index contributed by atoms with van der Waals surface area (Å²) in [4.78, 5) is 1.94. The molecule has 0 saturated carbocycles. The van der Waals surface area contributed by atoms with Crippen LogP contribution in [0.15, 0.2) is 82.6 Å². The molecular formula is C27H31FO2S2. The van der Waals surface area contributed by atoms with Gasteiger partial charge in [0.1, 0.15) is 18.2 Å². The van der Waals surface area contributed by atoms with Crippen molar-refractivity contribution in [2.45, 2.75) is 62.4 Å². The molecule has 0 aliphatic rings. The van der Waals surface area contributed by atoms with Gasteiger partial charge >= 0.3 is 0 Å². The summed E-state index contributed by atoms with van der Waals surface area (Å²) in [6.45, 7) is 12.1. The van der Waals surface area contributed by atoms with Crippen LogP contribution in [-0.2, 0) is 17.4 Å². The van der Waals surface area contributed by atoms with Crippen molar-refractivity contribution in [1.29, 1.82) is 0 Å². The highest BCUT2D eigenvalue weighted by Crippen LogP contribution is 2.42. The van der Waals surface area contributed by atoms with Gasteiger partial charge < -0.3 is 8.92 Å². The van der Waals surface area contributed by atoms with Crippen molar-refractivity contribution in [3.8, 4) is 5.75 Å². The third kappa shape index (κ3) is 7.03. The van der Waals surface area contributed by atoms with Crippen LogP contribution in [-0.4, -0.2) is 4.75 Å². The third-order valence-corrected chi connectivity index (χ3v) is 7.90. The fourth-order valence-corrected chi connectivity index (χ4v) is 4.28. The van der Waals surface area contributed by atoms with Crippen LogP contribution in [0.1, 0.15) is 45.7 Å². The van der Waals surface area contributed by atoms with Crippen LogP contribution in [0, 0.1) is 11.2 Å². The molecule has 0 amide bonds. The Kier molecular flexibility index (Phi) is 8.32. The summed E-state index contributed by atoms with van der Waals surface area (Å²) < 4.78 is 25.5. The van der Waals surface area contributed by atoms with Gasteiger partial charge in [0.05, 0.1) is 11.5 Å². The van der Waals surface area contributed by atoms with E-state index in [0.29, 0.717) is 13.2 Å². The summed E-state index contributed by atoms with van der Waals surface area (Å²) in [6, 6.07) is 22.7. The number of benzene rings is 3. The zero-order valence-corrected chi connectivity index (χ0v) is 21.0. The molecule has 0 saturated heterocycles. The maximum Gasteiger partial charge on any atom is 0.133 e. The molecule has 0 heterocycles. The van der Waals surface area contributed by atoms with Crippen LogP contribution in [0.3, 0.4) is 0 Å². The van der Waals surface area contributed by atoms with Crippen molar-refractivity contribution in [1.82, 2.24) is 0 Å². The molecule has 32 heavy (non-hydrogen) atoms. The normalized spacial score (nSPS) is 12.1. The molecule has 0 radical (unpaired) electrons. The second-order valence-corrected chi connectivity index (χ2v) is 11.8. The topological polar surface area (TPSA) is 18.5 Å². The quantitative estimate of drug-likeness (QED) is 0.292. The predicted octanol–water partition coefficient (Wildman–Crippen LogP) is 8.55. The van der Waals surface area contributed by atoms with Gasteiger partial charge in [-0.3, -0.25) is 0 Å². The van der Waals surface area contributed by atoms with Gasteiger partial charge in [-0.15, -0.1) is 0 Å². The summed E-state index contributed by atoms with van der Waals surface area (Å²) in [6.07, 6.45) is 0. The molecule has 0 fully saturated rings. The van der Waals surface area contributed by atoms with Crippen LogP contribution < -0.4 is 4.74 Å². The van der Waals surface area contributed by atoms with Gasteiger partial charge in [0.2, 0.25) is 0 Å². The SMILES string of the molecule is CC(C)(C)C(C)(C)SOCc1ccc(OCc2ccccc2)c(Sc2ccc(F)cc2)c1. The largest absolute Gasteiger partial charge is 0.488 e. The first kappa shape index (κ1) is 24.7. The predicted molar refractivity (Wildman–Crippen MR) is 134 cm³/mol. The molecule has 3 aromatic carbocycles. The molecule has 3 rings (SSSR count). The molecule has 0 aliphatic heterocycles. The van der Waals surface area contributed by atoms with E-state index in [-0.39, 0.29) is 16.0 Å². The molecule has 0 aliphatic carbocycles. The number of ether oxygens (including phenoxy) is 1. The molecule has 170 valence electrons. The first-order valence-electron chi connectivity index (χ1n) is 10.7. The lowest BCUT2D eigenvalue weighted by molar-refractivity contribution is 0.284. The fourth-order valence-electron chi connectivity index (χ4n) is 2.58. The van der Waals surface area contributed by atoms with E-state index in [2.05, 4.69) is 40.7 Å². The standard InChI is InChI=1S/C27H31FO2S2/c1-26(2,3)27(4,5)32-30-19-21-11-16-24(29-18-20-9-7-6-8-10-20)25(17-21)31-23-14-12-22(28)13-15-23/h6-17H,18-19H2,1-5H3. The summed E-state index contributed by atoms with van der Waals surface area (Å²) in [7, 11) is 0. The van der Waals surface area contributed by atoms with Crippen LogP contribution >= 0.6 is 23.8 Å². The van der Waals surface area contributed by atoms with E-state index in [4.69, 9.17) is 8.92 Å². The molecule has 0 aromatic heterocycles. The van der Waals surface area contributed by atoms with Crippen LogP contribution in [0.25, 0.3) is 0 Å². The van der Waals surface area contributed by atoms with Gasteiger partial charge in [0, 0.05) is 9.64 Å². The van der Waals surface area contributed by atoms with Crippen molar-refractivity contribution in [3.05, 3.63) is 89.7 Å². The Morgan fingerprint density at radius 2 is 1.47 bits per heavy atom. The van der Waals surface area contributed by atoms with Crippen molar-refractivity contribution >= 4 is 23.8 Å². The number of halogens is 1. The second-order valence-electron chi connectivity index (χ2n) is 9.22. The van der Waals surface area contributed by atoms with E-state index in [0.717, 1.165) is 26.7 Å². The Hall–Kier alpha value is -1.95. The smallest absolute Gasteiger partial charge is 0.133 e. The van der Waals surface area contributed by atoms with E-state index in [9.17, 15) is 4.39 Å². The van der Waals surface area contributed by atoms with Crippen LogP contribution in [0.2, 0.25) is 0 Å². The average molecular weight is 471 g/mol. The lowest BCUT2D eigenvalue weighted by atomic mass is 9.83. The minimum atomic E-state index is -0.240. The van der Waals surface area contributed by atoms with Gasteiger partial charge in [0.15, 0.2) is 0 Å². The number of rotatable bonds is 9. The molecule has 0 atom stereocenters. The molecule has 5 heteroatoms. The van der Waals surface area contributed by atoms with Crippen LogP contribution in [0.5, 0.6) is 5.75 Å². The molecular weight excluding hydrogens is 439 g/mol. The van der Waals surface area contributed by atoms with Crippen molar-refractivity contribution in [2.75, 3.05) is 0 Å². The van der Waals surface area contributed by atoms with Crippen molar-refractivity contribution in [3.63, 3.8) is 0 Å². The van der Waals surface area contributed by atoms with E-state index in [1.54, 1.807) is 23.9 Å². The minimum absolute atomic E-state index is 0.0164. The van der Waals surface area contributed by atoms with E-state index in [1.807, 2.05) is 42.5 Å². The number of hydrogen-bond donors (Lipinski definition) is 0. The molecule has 0 bridgehead atoms. The zero-order chi connectivity index (χ0) is 23.2. The number of hydrogen-bond acceptors (Lipinski definition) is 4. The summed E-state index contributed by atoms with van der Waals surface area (Å²) in [5.41, 5.74) is 2.30. The first-order valence-corrected chi connectivity index (χ1v) is 12.2. The van der Waals surface area contributed by atoms with Gasteiger partial charge in [0.25, 0.3) is 0 Å². The monoisotopic (exact) mass is 470 g/mol. The first-order chi connectivity index (χ1) is 15.1. The highest BCUT2D eigenvalue weighted by molar-refractivity contribution is 7.99. The minimum Gasteiger partial charge on any atom is -0.488 e. The van der Waals surface area contributed by atoms with Gasteiger partial charge in [-0.05, 0) is 78.8 Å². The van der Waals surface area contributed by atoms with Crippen molar-refractivity contribution in [2.24, 2.45) is 5.41 Å². The van der Waals surface area contributed by atoms with E-state index in [1.165, 1.54) is 24.2 Å². The Morgan fingerprint density at radius 3 is 2.12 bits per heavy atom. The molecule has 3 aromatic rings. The van der Waals surface area contributed by atoms with Crippen LogP contribution in [0.4, 0.5) is 4.39 Å². The Morgan fingerprint density at radius 1 is 0.781 bits per heavy atom. The highest BCUT2D eigenvalue weighted by Gasteiger charge is 2.34. The maximum atomic E-state index is 13.3. The molecule has 0 N–H and O–H groups in total. The maximum absolute atomic E-state index is 13.3. The van der Waals surface area contributed by atoms with E-state index < -0.39 is 0 Å². The Bertz CT molecular complexity index is 996. The molecule has 0 spiro atoms. The lowest BCUT2D eigenvalue weighted by Crippen LogP contribution is -2.33. The second kappa shape index (κ2) is 10.8. The zero-order valence-electron chi connectivity index (χ0n) is 19.4.